The fraction of sp³-hybridized carbons (Fsp3) is 0.667. The maximum absolute atomic E-state index is 9.29. The first-order chi connectivity index (χ1) is 10.3. The summed E-state index contributed by atoms with van der Waals surface area (Å²) in [4.78, 5) is 8.33. The van der Waals surface area contributed by atoms with Crippen LogP contribution in [0.3, 0.4) is 0 Å². The molecule has 0 spiro atoms. The first kappa shape index (κ1) is 13.5. The minimum atomic E-state index is 0.322. The Bertz CT molecular complexity index is 610. The summed E-state index contributed by atoms with van der Waals surface area (Å²) in [5, 5.41) is 15.0. The zero-order valence-corrected chi connectivity index (χ0v) is 13.0. The third-order valence-corrected chi connectivity index (χ3v) is 5.40. The first-order valence-electron chi connectivity index (χ1n) is 7.89. The normalized spacial score (nSPS) is 20.5. The summed E-state index contributed by atoms with van der Waals surface area (Å²) in [6.45, 7) is 3.24. The van der Waals surface area contributed by atoms with Crippen molar-refractivity contribution in [2.75, 3.05) is 24.6 Å². The number of aliphatic hydroxyl groups excluding tert-OH is 1. The second kappa shape index (κ2) is 5.59. The number of rotatable bonds is 5. The van der Waals surface area contributed by atoms with E-state index in [1.54, 1.807) is 11.3 Å². The Morgan fingerprint density at radius 2 is 2.10 bits per heavy atom. The second-order valence-corrected chi connectivity index (χ2v) is 7.08. The van der Waals surface area contributed by atoms with Crippen LogP contribution in [0.15, 0.2) is 11.6 Å². The molecule has 4 rings (SSSR count). The summed E-state index contributed by atoms with van der Waals surface area (Å²) in [6, 6.07) is 0.710. The van der Waals surface area contributed by atoms with Gasteiger partial charge in [-0.3, -0.25) is 4.40 Å². The van der Waals surface area contributed by atoms with E-state index in [2.05, 4.69) is 26.2 Å². The van der Waals surface area contributed by atoms with Gasteiger partial charge in [-0.25, -0.2) is 4.98 Å². The summed E-state index contributed by atoms with van der Waals surface area (Å²) in [5.41, 5.74) is 1.29. The number of nitrogens with zero attached hydrogens (tertiary/aromatic N) is 3. The van der Waals surface area contributed by atoms with E-state index < -0.39 is 0 Å². The molecule has 1 aliphatic carbocycles. The predicted octanol–water partition coefficient (Wildman–Crippen LogP) is 1.86. The van der Waals surface area contributed by atoms with Crippen molar-refractivity contribution in [2.45, 2.75) is 38.3 Å². The third-order valence-electron chi connectivity index (χ3n) is 4.65. The highest BCUT2D eigenvalue weighted by molar-refractivity contribution is 7.15. The molecule has 3 heterocycles. The number of nitrogens with one attached hydrogen (secondary N) is 1. The molecular weight excluding hydrogens is 284 g/mol. The molecule has 6 heteroatoms. The molecular formula is C15H22N4OS. The Labute approximate surface area is 128 Å². The van der Waals surface area contributed by atoms with Crippen molar-refractivity contribution in [2.24, 2.45) is 5.92 Å². The van der Waals surface area contributed by atoms with E-state index in [1.165, 1.54) is 18.5 Å². The highest BCUT2D eigenvalue weighted by atomic mass is 32.1. The zero-order chi connectivity index (χ0) is 14.2. The molecule has 1 saturated heterocycles. The van der Waals surface area contributed by atoms with Gasteiger partial charge in [-0.15, -0.1) is 11.3 Å². The van der Waals surface area contributed by atoms with Crippen molar-refractivity contribution in [3.05, 3.63) is 17.3 Å². The van der Waals surface area contributed by atoms with Crippen LogP contribution in [-0.2, 0) is 6.54 Å². The summed E-state index contributed by atoms with van der Waals surface area (Å²) in [7, 11) is 0. The number of thiazole rings is 1. The molecule has 114 valence electrons. The minimum absolute atomic E-state index is 0.322. The Kier molecular flexibility index (Phi) is 3.61. The van der Waals surface area contributed by atoms with Crippen molar-refractivity contribution in [1.82, 2.24) is 14.7 Å². The molecule has 2 fully saturated rings. The molecule has 21 heavy (non-hydrogen) atoms. The van der Waals surface area contributed by atoms with E-state index in [0.29, 0.717) is 18.6 Å². The molecule has 1 aliphatic heterocycles. The molecule has 0 amide bonds. The highest BCUT2D eigenvalue weighted by Crippen LogP contribution is 2.29. The fourth-order valence-corrected chi connectivity index (χ4v) is 3.82. The van der Waals surface area contributed by atoms with Crippen molar-refractivity contribution in [1.29, 1.82) is 0 Å². The molecule has 0 bridgehead atoms. The lowest BCUT2D eigenvalue weighted by Crippen LogP contribution is -2.36. The van der Waals surface area contributed by atoms with E-state index in [-0.39, 0.29) is 0 Å². The standard InChI is InChI=1S/C15H22N4OS/c20-10-11-3-5-18(6-4-11)14-13(9-16-12-1-2-12)19-7-8-21-15(19)17-14/h7-8,11-12,16,20H,1-6,9-10H2. The summed E-state index contributed by atoms with van der Waals surface area (Å²) in [5.74, 6) is 1.62. The maximum atomic E-state index is 9.29. The maximum Gasteiger partial charge on any atom is 0.195 e. The van der Waals surface area contributed by atoms with Crippen molar-refractivity contribution >= 4 is 22.1 Å². The largest absolute Gasteiger partial charge is 0.396 e. The lowest BCUT2D eigenvalue weighted by Gasteiger charge is -2.32. The van der Waals surface area contributed by atoms with Crippen LogP contribution in [0, 0.1) is 5.92 Å². The van der Waals surface area contributed by atoms with Gasteiger partial charge in [-0.05, 0) is 31.6 Å². The molecule has 0 aromatic carbocycles. The van der Waals surface area contributed by atoms with Crippen molar-refractivity contribution in [3.63, 3.8) is 0 Å². The average molecular weight is 306 g/mol. The van der Waals surface area contributed by atoms with Gasteiger partial charge in [0.25, 0.3) is 0 Å². The number of aliphatic hydroxyl groups is 1. The Balaban J connectivity index is 1.57. The Morgan fingerprint density at radius 1 is 1.29 bits per heavy atom. The topological polar surface area (TPSA) is 52.8 Å². The molecule has 5 nitrogen and oxygen atoms in total. The van der Waals surface area contributed by atoms with Gasteiger partial charge in [0.2, 0.25) is 0 Å². The van der Waals surface area contributed by atoms with Crippen LogP contribution >= 0.6 is 11.3 Å². The van der Waals surface area contributed by atoms with Crippen LogP contribution in [0.5, 0.6) is 0 Å². The minimum Gasteiger partial charge on any atom is -0.396 e. The predicted molar refractivity (Wildman–Crippen MR) is 85.0 cm³/mol. The number of hydrogen-bond acceptors (Lipinski definition) is 5. The quantitative estimate of drug-likeness (QED) is 0.885. The molecule has 2 aromatic rings. The number of piperidine rings is 1. The van der Waals surface area contributed by atoms with Gasteiger partial charge in [0.05, 0.1) is 5.69 Å². The van der Waals surface area contributed by atoms with Gasteiger partial charge in [0.15, 0.2) is 10.8 Å². The molecule has 0 unspecified atom stereocenters. The SMILES string of the molecule is OCC1CCN(c2nc3sccn3c2CNC2CC2)CC1. The summed E-state index contributed by atoms with van der Waals surface area (Å²) >= 11 is 1.70. The lowest BCUT2D eigenvalue weighted by atomic mass is 9.98. The van der Waals surface area contributed by atoms with Crippen LogP contribution < -0.4 is 10.2 Å². The van der Waals surface area contributed by atoms with Gasteiger partial charge >= 0.3 is 0 Å². The Morgan fingerprint density at radius 3 is 2.81 bits per heavy atom. The zero-order valence-electron chi connectivity index (χ0n) is 12.2. The molecule has 2 aromatic heterocycles. The van der Waals surface area contributed by atoms with E-state index in [1.807, 2.05) is 0 Å². The van der Waals surface area contributed by atoms with Crippen LogP contribution in [0.4, 0.5) is 5.82 Å². The van der Waals surface area contributed by atoms with E-state index in [4.69, 9.17) is 4.98 Å². The number of hydrogen-bond donors (Lipinski definition) is 2. The lowest BCUT2D eigenvalue weighted by molar-refractivity contribution is 0.202. The fourth-order valence-electron chi connectivity index (χ4n) is 3.09. The molecule has 2 aliphatic rings. The monoisotopic (exact) mass is 306 g/mol. The van der Waals surface area contributed by atoms with Gasteiger partial charge in [0, 0.05) is 43.9 Å². The summed E-state index contributed by atoms with van der Waals surface area (Å²) in [6.07, 6.45) is 6.88. The van der Waals surface area contributed by atoms with Crippen molar-refractivity contribution < 1.29 is 5.11 Å². The van der Waals surface area contributed by atoms with E-state index in [0.717, 1.165) is 43.3 Å². The van der Waals surface area contributed by atoms with Crippen molar-refractivity contribution in [3.8, 4) is 0 Å². The molecule has 2 N–H and O–H groups in total. The van der Waals surface area contributed by atoms with Crippen LogP contribution in [0.1, 0.15) is 31.4 Å². The second-order valence-electron chi connectivity index (χ2n) is 6.21. The number of anilines is 1. The molecule has 0 atom stereocenters. The highest BCUT2D eigenvalue weighted by Gasteiger charge is 2.26. The van der Waals surface area contributed by atoms with E-state index >= 15 is 0 Å². The number of aromatic nitrogens is 2. The first-order valence-corrected chi connectivity index (χ1v) is 8.76. The molecule has 0 radical (unpaired) electrons. The number of imidazole rings is 1. The molecule has 1 saturated carbocycles. The Hall–Kier alpha value is -1.11. The number of fused-ring (bicyclic) bond motifs is 1. The van der Waals surface area contributed by atoms with Gasteiger partial charge < -0.3 is 15.3 Å². The van der Waals surface area contributed by atoms with E-state index in [9.17, 15) is 5.11 Å². The van der Waals surface area contributed by atoms with Crippen LogP contribution in [0.25, 0.3) is 4.96 Å². The van der Waals surface area contributed by atoms with Crippen LogP contribution in [-0.4, -0.2) is 40.2 Å². The van der Waals surface area contributed by atoms with Gasteiger partial charge in [-0.1, -0.05) is 0 Å². The third kappa shape index (κ3) is 2.67. The van der Waals surface area contributed by atoms with Gasteiger partial charge in [-0.2, -0.15) is 0 Å². The average Bonchev–Trinajstić information content (AvgIpc) is 3.12. The van der Waals surface area contributed by atoms with Crippen LogP contribution in [0.2, 0.25) is 0 Å². The smallest absolute Gasteiger partial charge is 0.195 e. The van der Waals surface area contributed by atoms with Gasteiger partial charge in [0.1, 0.15) is 0 Å². The summed E-state index contributed by atoms with van der Waals surface area (Å²) < 4.78 is 2.23.